The summed E-state index contributed by atoms with van der Waals surface area (Å²) in [6.07, 6.45) is 0.833. The Bertz CT molecular complexity index is 407. The lowest BCUT2D eigenvalue weighted by Gasteiger charge is -2.25. The van der Waals surface area contributed by atoms with Crippen LogP contribution in [0.3, 0.4) is 0 Å². The lowest BCUT2D eigenvalue weighted by Crippen LogP contribution is -2.21. The van der Waals surface area contributed by atoms with Crippen molar-refractivity contribution in [3.63, 3.8) is 0 Å². The highest BCUT2D eigenvalue weighted by molar-refractivity contribution is 5.66. The Morgan fingerprint density at radius 2 is 1.94 bits per heavy atom. The van der Waals surface area contributed by atoms with Gasteiger partial charge in [0.15, 0.2) is 0 Å². The number of para-hydroxylation sites is 1. The molecule has 18 heavy (non-hydrogen) atoms. The summed E-state index contributed by atoms with van der Waals surface area (Å²) in [5.74, 6) is -0.743. The predicted octanol–water partition coefficient (Wildman–Crippen LogP) is 3.65. The average Bonchev–Trinajstić information content (AvgIpc) is 2.25. The highest BCUT2D eigenvalue weighted by Gasteiger charge is 2.18. The zero-order valence-corrected chi connectivity index (χ0v) is 11.7. The smallest absolute Gasteiger partial charge is 0.303 e. The van der Waals surface area contributed by atoms with E-state index in [0.717, 1.165) is 5.69 Å². The third kappa shape index (κ3) is 4.40. The van der Waals surface area contributed by atoms with E-state index in [1.807, 2.05) is 19.1 Å². The number of benzene rings is 1. The van der Waals surface area contributed by atoms with Crippen molar-refractivity contribution in [2.75, 3.05) is 5.32 Å². The highest BCUT2D eigenvalue weighted by atomic mass is 16.4. The molecule has 0 amide bonds. The second-order valence-electron chi connectivity index (χ2n) is 5.77. The highest BCUT2D eigenvalue weighted by Crippen LogP contribution is 2.29. The fraction of sp³-hybridized carbons (Fsp3) is 0.533. The molecule has 1 atom stereocenters. The maximum atomic E-state index is 10.6. The molecular weight excluding hydrogens is 226 g/mol. The molecule has 3 nitrogen and oxygen atoms in total. The number of carboxylic acid groups (broad SMARTS) is 1. The van der Waals surface area contributed by atoms with Crippen LogP contribution in [-0.4, -0.2) is 17.1 Å². The molecule has 0 aliphatic carbocycles. The molecule has 0 fully saturated rings. The molecule has 0 bridgehead atoms. The molecule has 0 heterocycles. The van der Waals surface area contributed by atoms with E-state index in [1.54, 1.807) is 0 Å². The minimum absolute atomic E-state index is 0.0795. The molecule has 100 valence electrons. The van der Waals surface area contributed by atoms with E-state index in [2.05, 4.69) is 38.2 Å². The Morgan fingerprint density at radius 3 is 2.50 bits per heavy atom. The molecule has 1 aromatic rings. The molecule has 0 aliphatic heterocycles. The quantitative estimate of drug-likeness (QED) is 0.837. The van der Waals surface area contributed by atoms with Crippen molar-refractivity contribution in [2.45, 2.75) is 52.0 Å². The van der Waals surface area contributed by atoms with Gasteiger partial charge in [-0.15, -0.1) is 0 Å². The Balaban J connectivity index is 2.75. The van der Waals surface area contributed by atoms with E-state index < -0.39 is 5.97 Å². The summed E-state index contributed by atoms with van der Waals surface area (Å²) in [6, 6.07) is 8.36. The second kappa shape index (κ2) is 5.89. The van der Waals surface area contributed by atoms with Crippen LogP contribution in [-0.2, 0) is 10.2 Å². The summed E-state index contributed by atoms with van der Waals surface area (Å²) in [7, 11) is 0. The summed E-state index contributed by atoms with van der Waals surface area (Å²) >= 11 is 0. The van der Waals surface area contributed by atoms with Crippen molar-refractivity contribution in [3.8, 4) is 0 Å². The van der Waals surface area contributed by atoms with Crippen LogP contribution < -0.4 is 5.32 Å². The van der Waals surface area contributed by atoms with E-state index in [9.17, 15) is 4.79 Å². The normalized spacial score (nSPS) is 13.1. The fourth-order valence-corrected chi connectivity index (χ4v) is 1.94. The van der Waals surface area contributed by atoms with Gasteiger partial charge in [-0.1, -0.05) is 39.0 Å². The Hall–Kier alpha value is -1.51. The van der Waals surface area contributed by atoms with E-state index in [0.29, 0.717) is 6.42 Å². The molecule has 0 spiro atoms. The third-order valence-corrected chi connectivity index (χ3v) is 2.93. The van der Waals surface area contributed by atoms with Crippen LogP contribution in [0.1, 0.15) is 46.1 Å². The number of carbonyl (C=O) groups is 1. The van der Waals surface area contributed by atoms with Crippen LogP contribution in [0.25, 0.3) is 0 Å². The molecule has 0 saturated heterocycles. The van der Waals surface area contributed by atoms with Gasteiger partial charge in [-0.05, 0) is 30.4 Å². The number of hydrogen-bond donors (Lipinski definition) is 2. The number of carboxylic acids is 1. The first kappa shape index (κ1) is 14.6. The first-order chi connectivity index (χ1) is 8.30. The summed E-state index contributed by atoms with van der Waals surface area (Å²) in [5, 5.41) is 12.1. The van der Waals surface area contributed by atoms with Crippen LogP contribution in [0.15, 0.2) is 24.3 Å². The molecule has 1 rings (SSSR count). The molecule has 0 saturated carbocycles. The summed E-state index contributed by atoms with van der Waals surface area (Å²) in [5.41, 5.74) is 2.44. The van der Waals surface area contributed by atoms with Gasteiger partial charge in [-0.25, -0.2) is 0 Å². The molecular formula is C15H23NO2. The van der Waals surface area contributed by atoms with Crippen molar-refractivity contribution in [3.05, 3.63) is 29.8 Å². The van der Waals surface area contributed by atoms with Crippen molar-refractivity contribution in [1.29, 1.82) is 0 Å². The van der Waals surface area contributed by atoms with E-state index in [-0.39, 0.29) is 17.9 Å². The van der Waals surface area contributed by atoms with Gasteiger partial charge in [-0.2, -0.15) is 0 Å². The predicted molar refractivity (Wildman–Crippen MR) is 75.1 cm³/mol. The van der Waals surface area contributed by atoms with Crippen molar-refractivity contribution >= 4 is 11.7 Å². The van der Waals surface area contributed by atoms with Gasteiger partial charge >= 0.3 is 5.97 Å². The lowest BCUT2D eigenvalue weighted by molar-refractivity contribution is -0.137. The Labute approximate surface area is 109 Å². The van der Waals surface area contributed by atoms with Gasteiger partial charge in [0.2, 0.25) is 0 Å². The summed E-state index contributed by atoms with van der Waals surface area (Å²) in [4.78, 5) is 10.6. The van der Waals surface area contributed by atoms with Gasteiger partial charge in [0.05, 0.1) is 0 Å². The van der Waals surface area contributed by atoms with Crippen molar-refractivity contribution in [2.24, 2.45) is 0 Å². The van der Waals surface area contributed by atoms with Gasteiger partial charge in [0, 0.05) is 18.2 Å². The van der Waals surface area contributed by atoms with Gasteiger partial charge in [0.25, 0.3) is 0 Å². The fourth-order valence-electron chi connectivity index (χ4n) is 1.94. The SMILES string of the molecule is CC(CCC(=O)O)Nc1ccccc1C(C)(C)C. The Morgan fingerprint density at radius 1 is 1.33 bits per heavy atom. The standard InChI is InChI=1S/C15H23NO2/c1-11(9-10-14(17)18)16-13-8-6-5-7-12(13)15(2,3)4/h5-8,11,16H,9-10H2,1-4H3,(H,17,18). The van der Waals surface area contributed by atoms with Gasteiger partial charge < -0.3 is 10.4 Å². The number of anilines is 1. The molecule has 0 aliphatic rings. The van der Waals surface area contributed by atoms with Crippen LogP contribution in [0.2, 0.25) is 0 Å². The van der Waals surface area contributed by atoms with Crippen LogP contribution >= 0.6 is 0 Å². The molecule has 1 unspecified atom stereocenters. The van der Waals surface area contributed by atoms with Crippen LogP contribution in [0.4, 0.5) is 5.69 Å². The van der Waals surface area contributed by atoms with Crippen molar-refractivity contribution in [1.82, 2.24) is 0 Å². The molecule has 0 radical (unpaired) electrons. The summed E-state index contributed by atoms with van der Waals surface area (Å²) < 4.78 is 0. The van der Waals surface area contributed by atoms with E-state index in [1.165, 1.54) is 5.56 Å². The third-order valence-electron chi connectivity index (χ3n) is 2.93. The van der Waals surface area contributed by atoms with Crippen LogP contribution in [0, 0.1) is 0 Å². The van der Waals surface area contributed by atoms with E-state index >= 15 is 0 Å². The first-order valence-electron chi connectivity index (χ1n) is 6.38. The molecule has 2 N–H and O–H groups in total. The Kier molecular flexibility index (Phi) is 4.76. The monoisotopic (exact) mass is 249 g/mol. The maximum absolute atomic E-state index is 10.6. The van der Waals surface area contributed by atoms with Crippen LogP contribution in [0.5, 0.6) is 0 Å². The zero-order chi connectivity index (χ0) is 13.8. The molecule has 0 aromatic heterocycles. The maximum Gasteiger partial charge on any atom is 0.303 e. The van der Waals surface area contributed by atoms with Gasteiger partial charge in [-0.3, -0.25) is 4.79 Å². The number of hydrogen-bond acceptors (Lipinski definition) is 2. The lowest BCUT2D eigenvalue weighted by atomic mass is 9.85. The van der Waals surface area contributed by atoms with E-state index in [4.69, 9.17) is 5.11 Å². The summed E-state index contributed by atoms with van der Waals surface area (Å²) in [6.45, 7) is 8.54. The topological polar surface area (TPSA) is 49.3 Å². The number of nitrogens with one attached hydrogen (secondary N) is 1. The second-order valence-corrected chi connectivity index (χ2v) is 5.77. The minimum Gasteiger partial charge on any atom is -0.481 e. The molecule has 3 heteroatoms. The first-order valence-corrected chi connectivity index (χ1v) is 6.38. The minimum atomic E-state index is -0.743. The zero-order valence-electron chi connectivity index (χ0n) is 11.7. The largest absolute Gasteiger partial charge is 0.481 e. The molecule has 1 aromatic carbocycles. The number of aliphatic carboxylic acids is 1. The van der Waals surface area contributed by atoms with Crippen molar-refractivity contribution < 1.29 is 9.90 Å². The average molecular weight is 249 g/mol. The number of rotatable bonds is 5. The van der Waals surface area contributed by atoms with Gasteiger partial charge in [0.1, 0.15) is 0 Å².